The maximum atomic E-state index is 11.9. The first-order valence-electron chi connectivity index (χ1n) is 8.31. The SMILES string of the molecule is CCC(OC(=O)CCCC(=O)Oc1cccc(C)c1C)C(C)C. The number of rotatable bonds is 8. The molecular weight excluding hydrogens is 292 g/mol. The van der Waals surface area contributed by atoms with E-state index in [1.165, 1.54) is 0 Å². The van der Waals surface area contributed by atoms with E-state index in [2.05, 4.69) is 0 Å². The van der Waals surface area contributed by atoms with Crippen molar-refractivity contribution in [3.8, 4) is 5.75 Å². The molecule has 1 aromatic carbocycles. The van der Waals surface area contributed by atoms with E-state index in [0.29, 0.717) is 18.1 Å². The number of aryl methyl sites for hydroxylation is 1. The second kappa shape index (κ2) is 9.33. The molecule has 23 heavy (non-hydrogen) atoms. The van der Waals surface area contributed by atoms with Gasteiger partial charge in [-0.15, -0.1) is 0 Å². The molecule has 0 aliphatic heterocycles. The van der Waals surface area contributed by atoms with Crippen molar-refractivity contribution < 1.29 is 19.1 Å². The molecule has 0 aromatic heterocycles. The van der Waals surface area contributed by atoms with E-state index in [0.717, 1.165) is 17.5 Å². The molecule has 0 N–H and O–H groups in total. The first-order valence-corrected chi connectivity index (χ1v) is 8.31. The summed E-state index contributed by atoms with van der Waals surface area (Å²) in [4.78, 5) is 23.7. The zero-order valence-electron chi connectivity index (χ0n) is 14.8. The summed E-state index contributed by atoms with van der Waals surface area (Å²) in [5, 5.41) is 0. The van der Waals surface area contributed by atoms with Crippen molar-refractivity contribution in [1.29, 1.82) is 0 Å². The lowest BCUT2D eigenvalue weighted by Crippen LogP contribution is -2.22. The molecule has 0 fully saturated rings. The first kappa shape index (κ1) is 19.2. The van der Waals surface area contributed by atoms with Crippen LogP contribution in [0.25, 0.3) is 0 Å². The molecule has 0 aliphatic rings. The Hall–Kier alpha value is -1.84. The van der Waals surface area contributed by atoms with Crippen molar-refractivity contribution in [3.05, 3.63) is 29.3 Å². The molecule has 0 saturated carbocycles. The smallest absolute Gasteiger partial charge is 0.311 e. The summed E-state index contributed by atoms with van der Waals surface area (Å²) in [6, 6.07) is 5.61. The maximum Gasteiger partial charge on any atom is 0.311 e. The fourth-order valence-corrected chi connectivity index (χ4v) is 2.30. The summed E-state index contributed by atoms with van der Waals surface area (Å²) in [6.07, 6.45) is 1.64. The van der Waals surface area contributed by atoms with Gasteiger partial charge in [0.2, 0.25) is 0 Å². The van der Waals surface area contributed by atoms with Gasteiger partial charge in [0, 0.05) is 12.8 Å². The van der Waals surface area contributed by atoms with E-state index in [9.17, 15) is 9.59 Å². The van der Waals surface area contributed by atoms with Crippen LogP contribution in [0, 0.1) is 19.8 Å². The molecule has 0 saturated heterocycles. The van der Waals surface area contributed by atoms with Crippen molar-refractivity contribution >= 4 is 11.9 Å². The Labute approximate surface area is 139 Å². The van der Waals surface area contributed by atoms with Gasteiger partial charge < -0.3 is 9.47 Å². The van der Waals surface area contributed by atoms with Gasteiger partial charge >= 0.3 is 11.9 Å². The van der Waals surface area contributed by atoms with Crippen LogP contribution in [0.3, 0.4) is 0 Å². The standard InChI is InChI=1S/C19H28O4/c1-6-16(13(2)3)22-18(20)11-8-12-19(21)23-17-10-7-9-14(4)15(17)5/h7,9-10,13,16H,6,8,11-12H2,1-5H3. The van der Waals surface area contributed by atoms with Gasteiger partial charge in [-0.3, -0.25) is 9.59 Å². The topological polar surface area (TPSA) is 52.6 Å². The monoisotopic (exact) mass is 320 g/mol. The van der Waals surface area contributed by atoms with Gasteiger partial charge in [-0.05, 0) is 49.8 Å². The molecular formula is C19H28O4. The van der Waals surface area contributed by atoms with Crippen molar-refractivity contribution in [3.63, 3.8) is 0 Å². The molecule has 0 spiro atoms. The maximum absolute atomic E-state index is 11.9. The second-order valence-electron chi connectivity index (χ2n) is 6.21. The molecule has 0 radical (unpaired) electrons. The van der Waals surface area contributed by atoms with E-state index >= 15 is 0 Å². The van der Waals surface area contributed by atoms with E-state index in [1.54, 1.807) is 6.07 Å². The molecule has 1 rings (SSSR count). The fraction of sp³-hybridized carbons (Fsp3) is 0.579. The van der Waals surface area contributed by atoms with Gasteiger partial charge in [-0.1, -0.05) is 32.9 Å². The molecule has 1 atom stereocenters. The van der Waals surface area contributed by atoms with Crippen LogP contribution >= 0.6 is 0 Å². The third kappa shape index (κ3) is 6.43. The molecule has 4 nitrogen and oxygen atoms in total. The quantitative estimate of drug-likeness (QED) is 0.527. The van der Waals surface area contributed by atoms with Gasteiger partial charge in [-0.2, -0.15) is 0 Å². The molecule has 1 aromatic rings. The number of ether oxygens (including phenoxy) is 2. The average molecular weight is 320 g/mol. The van der Waals surface area contributed by atoms with E-state index < -0.39 is 0 Å². The normalized spacial score (nSPS) is 12.1. The third-order valence-corrected chi connectivity index (χ3v) is 3.97. The Bertz CT molecular complexity index is 534. The molecule has 0 aliphatic carbocycles. The molecule has 0 amide bonds. The fourth-order valence-electron chi connectivity index (χ4n) is 2.30. The van der Waals surface area contributed by atoms with Crippen LogP contribution in [0.5, 0.6) is 5.75 Å². The number of esters is 2. The van der Waals surface area contributed by atoms with Crippen LogP contribution in [0.1, 0.15) is 57.6 Å². The van der Waals surface area contributed by atoms with Gasteiger partial charge in [0.15, 0.2) is 0 Å². The lowest BCUT2D eigenvalue weighted by molar-refractivity contribution is -0.151. The minimum atomic E-state index is -0.317. The van der Waals surface area contributed by atoms with Crippen LogP contribution in [0.4, 0.5) is 0 Å². The van der Waals surface area contributed by atoms with Crippen LogP contribution in [0.2, 0.25) is 0 Å². The largest absolute Gasteiger partial charge is 0.462 e. The number of carbonyl (C=O) groups is 2. The number of hydrogen-bond donors (Lipinski definition) is 0. The Morgan fingerprint density at radius 1 is 1.09 bits per heavy atom. The van der Waals surface area contributed by atoms with Crippen molar-refractivity contribution in [2.24, 2.45) is 5.92 Å². The Balaban J connectivity index is 2.36. The summed E-state index contributed by atoms with van der Waals surface area (Å²) >= 11 is 0. The molecule has 4 heteroatoms. The van der Waals surface area contributed by atoms with Crippen molar-refractivity contribution in [2.45, 2.75) is 66.4 Å². The average Bonchev–Trinajstić information content (AvgIpc) is 2.49. The second-order valence-corrected chi connectivity index (χ2v) is 6.21. The zero-order chi connectivity index (χ0) is 17.4. The minimum Gasteiger partial charge on any atom is -0.462 e. The summed E-state index contributed by atoms with van der Waals surface area (Å²) in [7, 11) is 0. The van der Waals surface area contributed by atoms with Crippen LogP contribution in [-0.2, 0) is 14.3 Å². The first-order chi connectivity index (χ1) is 10.8. The summed E-state index contributed by atoms with van der Waals surface area (Å²) in [5.41, 5.74) is 2.04. The van der Waals surface area contributed by atoms with Gasteiger partial charge in [-0.25, -0.2) is 0 Å². The van der Waals surface area contributed by atoms with Gasteiger partial charge in [0.05, 0.1) is 0 Å². The summed E-state index contributed by atoms with van der Waals surface area (Å²) in [5.74, 6) is 0.328. The third-order valence-electron chi connectivity index (χ3n) is 3.97. The predicted octanol–water partition coefficient (Wildman–Crippen LogP) is 4.36. The van der Waals surface area contributed by atoms with Crippen LogP contribution in [-0.4, -0.2) is 18.0 Å². The van der Waals surface area contributed by atoms with Crippen molar-refractivity contribution in [2.75, 3.05) is 0 Å². The van der Waals surface area contributed by atoms with Crippen LogP contribution in [0.15, 0.2) is 18.2 Å². The lowest BCUT2D eigenvalue weighted by atomic mass is 10.1. The van der Waals surface area contributed by atoms with E-state index in [1.807, 2.05) is 46.8 Å². The highest BCUT2D eigenvalue weighted by molar-refractivity contribution is 5.74. The molecule has 128 valence electrons. The van der Waals surface area contributed by atoms with Gasteiger partial charge in [0.25, 0.3) is 0 Å². The van der Waals surface area contributed by atoms with E-state index in [4.69, 9.17) is 9.47 Å². The highest BCUT2D eigenvalue weighted by Crippen LogP contribution is 2.21. The zero-order valence-corrected chi connectivity index (χ0v) is 14.8. The number of hydrogen-bond acceptors (Lipinski definition) is 4. The Morgan fingerprint density at radius 2 is 1.74 bits per heavy atom. The highest BCUT2D eigenvalue weighted by atomic mass is 16.5. The molecule has 0 heterocycles. The Morgan fingerprint density at radius 3 is 2.35 bits per heavy atom. The summed E-state index contributed by atoms with van der Waals surface area (Å²) < 4.78 is 10.8. The number of benzene rings is 1. The van der Waals surface area contributed by atoms with Crippen LogP contribution < -0.4 is 4.74 Å². The lowest BCUT2D eigenvalue weighted by Gasteiger charge is -2.19. The van der Waals surface area contributed by atoms with Crippen molar-refractivity contribution in [1.82, 2.24) is 0 Å². The highest BCUT2D eigenvalue weighted by Gasteiger charge is 2.16. The predicted molar refractivity (Wildman–Crippen MR) is 90.4 cm³/mol. The van der Waals surface area contributed by atoms with Gasteiger partial charge in [0.1, 0.15) is 11.9 Å². The number of carbonyl (C=O) groups excluding carboxylic acids is 2. The summed E-state index contributed by atoms with van der Waals surface area (Å²) in [6.45, 7) is 9.96. The molecule has 0 bridgehead atoms. The minimum absolute atomic E-state index is 0.0515. The van der Waals surface area contributed by atoms with E-state index in [-0.39, 0.29) is 30.9 Å². The molecule has 1 unspecified atom stereocenters. The Kier molecular flexibility index (Phi) is 7.79.